The quantitative estimate of drug-likeness (QED) is 0.443. The van der Waals surface area contributed by atoms with E-state index in [1.807, 2.05) is 0 Å². The van der Waals surface area contributed by atoms with E-state index in [0.717, 1.165) is 0 Å². The van der Waals surface area contributed by atoms with Crippen molar-refractivity contribution in [2.75, 3.05) is 6.61 Å². The molecule has 3 N–H and O–H groups in total. The van der Waals surface area contributed by atoms with Crippen LogP contribution in [0.4, 0.5) is 0 Å². The van der Waals surface area contributed by atoms with Crippen LogP contribution in [0.5, 0.6) is 0 Å². The van der Waals surface area contributed by atoms with Gasteiger partial charge in [0.1, 0.15) is 23.3 Å². The third-order valence-corrected chi connectivity index (χ3v) is 2.24. The molecule has 5 heteroatoms. The highest BCUT2D eigenvalue weighted by atomic mass is 79.9. The molecule has 0 aromatic rings. The monoisotopic (exact) mass is 212 g/mol. The average Bonchev–Trinajstić information content (AvgIpc) is 1.93. The van der Waals surface area contributed by atoms with Crippen LogP contribution in [0.1, 0.15) is 0 Å². The van der Waals surface area contributed by atoms with Crippen molar-refractivity contribution in [2.24, 2.45) is 0 Å². The summed E-state index contributed by atoms with van der Waals surface area (Å²) in [6, 6.07) is 0. The van der Waals surface area contributed by atoms with Gasteiger partial charge in [0.05, 0.1) is 6.61 Å². The largest absolute Gasteiger partial charge is 0.388 e. The van der Waals surface area contributed by atoms with Crippen molar-refractivity contribution in [3.63, 3.8) is 0 Å². The minimum absolute atomic E-state index is 0.0497. The number of ether oxygens (including phenoxy) is 1. The zero-order chi connectivity index (χ0) is 7.72. The first-order valence-corrected chi connectivity index (χ1v) is 3.84. The number of halogens is 1. The molecule has 0 amide bonds. The Hall–Kier alpha value is 0.320. The third-order valence-electron chi connectivity index (χ3n) is 1.44. The van der Waals surface area contributed by atoms with Gasteiger partial charge in [-0.05, 0) is 0 Å². The van der Waals surface area contributed by atoms with Crippen LogP contribution in [-0.4, -0.2) is 45.3 Å². The number of aliphatic hydroxyl groups excluding tert-OH is 3. The Kier molecular flexibility index (Phi) is 2.65. The van der Waals surface area contributed by atoms with E-state index >= 15 is 0 Å². The highest BCUT2D eigenvalue weighted by Crippen LogP contribution is 2.19. The molecular weight excluding hydrogens is 204 g/mol. The Balaban J connectivity index is 2.52. The van der Waals surface area contributed by atoms with Gasteiger partial charge in [-0.25, -0.2) is 0 Å². The van der Waals surface area contributed by atoms with E-state index in [1.165, 1.54) is 0 Å². The second-order valence-corrected chi connectivity index (χ2v) is 3.14. The zero-order valence-electron chi connectivity index (χ0n) is 5.14. The summed E-state index contributed by atoms with van der Waals surface area (Å²) in [6.07, 6.45) is -3.15. The topological polar surface area (TPSA) is 69.9 Å². The van der Waals surface area contributed by atoms with Gasteiger partial charge in [-0.2, -0.15) is 0 Å². The molecule has 4 atom stereocenters. The summed E-state index contributed by atoms with van der Waals surface area (Å²) in [4.78, 5) is 0. The minimum atomic E-state index is -1.11. The SMILES string of the molecule is O[C@@H]1[C@@H](O)[C@@H](Br)OC[C@H]1O. The van der Waals surface area contributed by atoms with Crippen LogP contribution < -0.4 is 0 Å². The number of hydrogen-bond acceptors (Lipinski definition) is 4. The van der Waals surface area contributed by atoms with E-state index in [-0.39, 0.29) is 6.61 Å². The smallest absolute Gasteiger partial charge is 0.141 e. The van der Waals surface area contributed by atoms with Gasteiger partial charge in [0, 0.05) is 0 Å². The Morgan fingerprint density at radius 3 is 2.30 bits per heavy atom. The number of aliphatic hydroxyl groups is 3. The fraction of sp³-hybridized carbons (Fsp3) is 1.00. The molecule has 4 nitrogen and oxygen atoms in total. The maximum absolute atomic E-state index is 9.03. The van der Waals surface area contributed by atoms with Crippen molar-refractivity contribution in [3.05, 3.63) is 0 Å². The fourth-order valence-electron chi connectivity index (χ4n) is 0.770. The normalized spacial score (nSPS) is 49.2. The highest BCUT2D eigenvalue weighted by Gasteiger charge is 2.35. The zero-order valence-corrected chi connectivity index (χ0v) is 6.73. The van der Waals surface area contributed by atoms with Crippen LogP contribution in [-0.2, 0) is 4.74 Å². The first-order chi connectivity index (χ1) is 4.63. The Labute approximate surface area is 66.6 Å². The van der Waals surface area contributed by atoms with E-state index in [4.69, 9.17) is 20.1 Å². The van der Waals surface area contributed by atoms with Crippen molar-refractivity contribution in [1.29, 1.82) is 0 Å². The molecule has 1 heterocycles. The molecule has 1 fully saturated rings. The molecule has 0 aliphatic carbocycles. The Morgan fingerprint density at radius 1 is 1.20 bits per heavy atom. The molecule has 0 aromatic carbocycles. The molecule has 0 aromatic heterocycles. The van der Waals surface area contributed by atoms with Crippen LogP contribution in [0.15, 0.2) is 0 Å². The lowest BCUT2D eigenvalue weighted by molar-refractivity contribution is -0.159. The van der Waals surface area contributed by atoms with Gasteiger partial charge < -0.3 is 20.1 Å². The van der Waals surface area contributed by atoms with Gasteiger partial charge in [-0.1, -0.05) is 15.9 Å². The third kappa shape index (κ3) is 1.49. The number of alkyl halides is 1. The molecule has 0 spiro atoms. The number of rotatable bonds is 0. The predicted octanol–water partition coefficient (Wildman–Crippen LogP) is -1.18. The summed E-state index contributed by atoms with van der Waals surface area (Å²) in [5.41, 5.74) is 0. The van der Waals surface area contributed by atoms with Crippen LogP contribution in [0.3, 0.4) is 0 Å². The number of hydrogen-bond donors (Lipinski definition) is 3. The second kappa shape index (κ2) is 3.15. The van der Waals surface area contributed by atoms with Gasteiger partial charge >= 0.3 is 0 Å². The molecular formula is C5H9BrO4. The van der Waals surface area contributed by atoms with E-state index in [0.29, 0.717) is 0 Å². The molecule has 0 saturated carbocycles. The van der Waals surface area contributed by atoms with Crippen LogP contribution in [0.25, 0.3) is 0 Å². The van der Waals surface area contributed by atoms with Crippen molar-refractivity contribution in [1.82, 2.24) is 0 Å². The summed E-state index contributed by atoms with van der Waals surface area (Å²) in [6.45, 7) is 0.0497. The summed E-state index contributed by atoms with van der Waals surface area (Å²) >= 11 is 2.98. The standard InChI is InChI=1S/C5H9BrO4/c6-5-4(9)3(8)2(7)1-10-5/h2-5,7-9H,1H2/t2-,3+,4-,5+/m1/s1. The van der Waals surface area contributed by atoms with Crippen LogP contribution in [0.2, 0.25) is 0 Å². The Morgan fingerprint density at radius 2 is 1.80 bits per heavy atom. The van der Waals surface area contributed by atoms with Gasteiger partial charge in [-0.15, -0.1) is 0 Å². The van der Waals surface area contributed by atoms with Crippen molar-refractivity contribution >= 4 is 15.9 Å². The Bertz CT molecular complexity index is 106. The molecule has 10 heavy (non-hydrogen) atoms. The molecule has 0 bridgehead atoms. The fourth-order valence-corrected chi connectivity index (χ4v) is 1.24. The molecule has 60 valence electrons. The second-order valence-electron chi connectivity index (χ2n) is 2.23. The maximum Gasteiger partial charge on any atom is 0.141 e. The molecule has 0 unspecified atom stereocenters. The van der Waals surface area contributed by atoms with Gasteiger partial charge in [0.25, 0.3) is 0 Å². The first kappa shape index (κ1) is 8.42. The van der Waals surface area contributed by atoms with Crippen molar-refractivity contribution in [2.45, 2.75) is 23.3 Å². The average molecular weight is 213 g/mol. The van der Waals surface area contributed by atoms with Crippen molar-refractivity contribution < 1.29 is 20.1 Å². The summed E-state index contributed by atoms with van der Waals surface area (Å²) in [5.74, 6) is 0. The van der Waals surface area contributed by atoms with E-state index in [1.54, 1.807) is 0 Å². The minimum Gasteiger partial charge on any atom is -0.388 e. The van der Waals surface area contributed by atoms with E-state index in [2.05, 4.69) is 15.9 Å². The maximum atomic E-state index is 9.03. The van der Waals surface area contributed by atoms with Crippen LogP contribution in [0, 0.1) is 0 Å². The molecule has 1 saturated heterocycles. The first-order valence-electron chi connectivity index (χ1n) is 2.93. The van der Waals surface area contributed by atoms with Gasteiger partial charge in [-0.3, -0.25) is 0 Å². The lowest BCUT2D eigenvalue weighted by Gasteiger charge is -2.31. The summed E-state index contributed by atoms with van der Waals surface area (Å²) < 4.78 is 4.83. The van der Waals surface area contributed by atoms with E-state index < -0.39 is 23.3 Å². The summed E-state index contributed by atoms with van der Waals surface area (Å²) in [7, 11) is 0. The summed E-state index contributed by atoms with van der Waals surface area (Å²) in [5, 5.41) is 26.4. The highest BCUT2D eigenvalue weighted by molar-refractivity contribution is 9.09. The van der Waals surface area contributed by atoms with Crippen molar-refractivity contribution in [3.8, 4) is 0 Å². The van der Waals surface area contributed by atoms with Crippen LogP contribution >= 0.6 is 15.9 Å². The van der Waals surface area contributed by atoms with Gasteiger partial charge in [0.15, 0.2) is 0 Å². The van der Waals surface area contributed by atoms with E-state index in [9.17, 15) is 0 Å². The lowest BCUT2D eigenvalue weighted by Crippen LogP contribution is -2.50. The van der Waals surface area contributed by atoms with Gasteiger partial charge in [0.2, 0.25) is 0 Å². The molecule has 1 aliphatic heterocycles. The molecule has 0 radical (unpaired) electrons. The predicted molar refractivity (Wildman–Crippen MR) is 36.7 cm³/mol. The molecule has 1 aliphatic rings. The lowest BCUT2D eigenvalue weighted by atomic mass is 10.1. The molecule has 1 rings (SSSR count).